The largest absolute Gasteiger partial charge is 0.478 e. The van der Waals surface area contributed by atoms with Crippen molar-refractivity contribution >= 4 is 17.7 Å². The van der Waals surface area contributed by atoms with Crippen LogP contribution in [-0.2, 0) is 40.0 Å². The molecule has 0 heterocycles. The summed E-state index contributed by atoms with van der Waals surface area (Å²) in [5.41, 5.74) is 5.81. The Labute approximate surface area is 134 Å². The maximum atomic E-state index is 12.1. The lowest BCUT2D eigenvalue weighted by molar-refractivity contribution is -0.149. The lowest BCUT2D eigenvalue weighted by Gasteiger charge is -2.18. The third-order valence-corrected chi connectivity index (χ3v) is 4.54. The number of anilines is 1. The first kappa shape index (κ1) is 15.8. The monoisotopic (exact) mass is 319 g/mol. The van der Waals surface area contributed by atoms with Crippen LogP contribution in [0.4, 0.5) is 10.5 Å². The van der Waals surface area contributed by atoms with Crippen molar-refractivity contribution in [1.29, 1.82) is 0 Å². The van der Waals surface area contributed by atoms with Crippen molar-refractivity contribution in [2.24, 2.45) is 0 Å². The molecule has 0 fully saturated rings. The fraction of sp³-hybridized carbons (Fsp3) is 0.529. The SMILES string of the molecule is COCC(OC(=O)Nc1c2c(cc3c1CCC3)CCC2)C(=O)O. The first-order chi connectivity index (χ1) is 11.1. The third kappa shape index (κ3) is 3.17. The van der Waals surface area contributed by atoms with E-state index >= 15 is 0 Å². The van der Waals surface area contributed by atoms with Crippen LogP contribution in [0.25, 0.3) is 0 Å². The smallest absolute Gasteiger partial charge is 0.412 e. The molecule has 0 aromatic heterocycles. The molecule has 1 unspecified atom stereocenters. The molecule has 1 aromatic carbocycles. The topological polar surface area (TPSA) is 84.9 Å². The van der Waals surface area contributed by atoms with Gasteiger partial charge in [-0.15, -0.1) is 0 Å². The number of nitrogens with one attached hydrogen (secondary N) is 1. The number of methoxy groups -OCH3 is 1. The average Bonchev–Trinajstić information content (AvgIpc) is 3.14. The minimum absolute atomic E-state index is 0.173. The van der Waals surface area contributed by atoms with E-state index in [1.54, 1.807) is 0 Å². The second-order valence-electron chi connectivity index (χ2n) is 6.05. The van der Waals surface area contributed by atoms with Gasteiger partial charge in [-0.3, -0.25) is 5.32 Å². The van der Waals surface area contributed by atoms with Gasteiger partial charge in [-0.25, -0.2) is 9.59 Å². The number of amides is 1. The van der Waals surface area contributed by atoms with Gasteiger partial charge in [0, 0.05) is 7.11 Å². The summed E-state index contributed by atoms with van der Waals surface area (Å²) < 4.78 is 9.78. The summed E-state index contributed by atoms with van der Waals surface area (Å²) in [6.07, 6.45) is 4.10. The maximum Gasteiger partial charge on any atom is 0.412 e. The maximum absolute atomic E-state index is 12.1. The Morgan fingerprint density at radius 1 is 1.17 bits per heavy atom. The Morgan fingerprint density at radius 3 is 2.30 bits per heavy atom. The normalized spacial score (nSPS) is 16.6. The Balaban J connectivity index is 1.80. The molecular formula is C17H21NO5. The van der Waals surface area contributed by atoms with E-state index in [-0.39, 0.29) is 6.61 Å². The molecule has 0 bridgehead atoms. The van der Waals surface area contributed by atoms with E-state index in [1.165, 1.54) is 29.4 Å². The number of carboxylic acid groups (broad SMARTS) is 1. The lowest BCUT2D eigenvalue weighted by atomic mass is 9.99. The molecule has 3 rings (SSSR count). The van der Waals surface area contributed by atoms with Gasteiger partial charge in [-0.05, 0) is 60.8 Å². The van der Waals surface area contributed by atoms with Crippen molar-refractivity contribution in [3.05, 3.63) is 28.3 Å². The Kier molecular flexibility index (Phi) is 4.52. The van der Waals surface area contributed by atoms with Gasteiger partial charge in [0.15, 0.2) is 0 Å². The van der Waals surface area contributed by atoms with Gasteiger partial charge in [0.05, 0.1) is 12.3 Å². The van der Waals surface area contributed by atoms with E-state index in [4.69, 9.17) is 14.6 Å². The van der Waals surface area contributed by atoms with E-state index in [2.05, 4.69) is 11.4 Å². The lowest BCUT2D eigenvalue weighted by Crippen LogP contribution is -2.33. The highest BCUT2D eigenvalue weighted by molar-refractivity contribution is 5.90. The number of aryl methyl sites for hydroxylation is 2. The second kappa shape index (κ2) is 6.58. The van der Waals surface area contributed by atoms with Crippen LogP contribution in [-0.4, -0.2) is 37.0 Å². The van der Waals surface area contributed by atoms with E-state index in [0.29, 0.717) is 0 Å². The van der Waals surface area contributed by atoms with Crippen molar-refractivity contribution in [2.75, 3.05) is 19.0 Å². The fourth-order valence-corrected chi connectivity index (χ4v) is 3.53. The van der Waals surface area contributed by atoms with Gasteiger partial charge in [0.2, 0.25) is 6.10 Å². The zero-order valence-corrected chi connectivity index (χ0v) is 13.2. The number of carboxylic acids is 1. The highest BCUT2D eigenvalue weighted by Crippen LogP contribution is 2.38. The average molecular weight is 319 g/mol. The quantitative estimate of drug-likeness (QED) is 0.870. The molecule has 0 spiro atoms. The van der Waals surface area contributed by atoms with Crippen molar-refractivity contribution in [2.45, 2.75) is 44.6 Å². The van der Waals surface area contributed by atoms with Crippen LogP contribution in [0.3, 0.4) is 0 Å². The zero-order valence-electron chi connectivity index (χ0n) is 13.2. The van der Waals surface area contributed by atoms with Crippen LogP contribution in [0, 0.1) is 0 Å². The number of rotatable bonds is 5. The van der Waals surface area contributed by atoms with E-state index in [0.717, 1.165) is 44.2 Å². The number of ether oxygens (including phenoxy) is 2. The number of carbonyl (C=O) groups is 2. The summed E-state index contributed by atoms with van der Waals surface area (Å²) in [4.78, 5) is 23.2. The first-order valence-corrected chi connectivity index (χ1v) is 7.96. The molecule has 6 nitrogen and oxygen atoms in total. The predicted molar refractivity (Wildman–Crippen MR) is 83.9 cm³/mol. The third-order valence-electron chi connectivity index (χ3n) is 4.54. The van der Waals surface area contributed by atoms with Crippen molar-refractivity contribution < 1.29 is 24.2 Å². The van der Waals surface area contributed by atoms with Crippen LogP contribution in [0.15, 0.2) is 6.07 Å². The highest BCUT2D eigenvalue weighted by Gasteiger charge is 2.27. The fourth-order valence-electron chi connectivity index (χ4n) is 3.53. The van der Waals surface area contributed by atoms with Crippen LogP contribution >= 0.6 is 0 Å². The molecule has 1 atom stereocenters. The van der Waals surface area contributed by atoms with E-state index in [1.807, 2.05) is 0 Å². The van der Waals surface area contributed by atoms with Gasteiger partial charge in [-0.2, -0.15) is 0 Å². The molecule has 1 amide bonds. The Morgan fingerprint density at radius 2 is 1.78 bits per heavy atom. The van der Waals surface area contributed by atoms with Gasteiger partial charge < -0.3 is 14.6 Å². The number of carbonyl (C=O) groups excluding carboxylic acids is 1. The zero-order chi connectivity index (χ0) is 16.4. The van der Waals surface area contributed by atoms with E-state index < -0.39 is 18.2 Å². The summed E-state index contributed by atoms with van der Waals surface area (Å²) in [5.74, 6) is -1.22. The molecule has 0 aliphatic heterocycles. The molecular weight excluding hydrogens is 298 g/mol. The van der Waals surface area contributed by atoms with Crippen molar-refractivity contribution in [3.63, 3.8) is 0 Å². The van der Waals surface area contributed by atoms with Gasteiger partial charge in [0.25, 0.3) is 0 Å². The summed E-state index contributed by atoms with van der Waals surface area (Å²) >= 11 is 0. The number of fused-ring (bicyclic) bond motifs is 2. The second-order valence-corrected chi connectivity index (χ2v) is 6.05. The molecule has 2 N–H and O–H groups in total. The number of hydrogen-bond donors (Lipinski definition) is 2. The summed E-state index contributed by atoms with van der Waals surface area (Å²) in [5, 5.41) is 11.9. The van der Waals surface area contributed by atoms with Crippen molar-refractivity contribution in [1.82, 2.24) is 0 Å². The molecule has 124 valence electrons. The minimum atomic E-state index is -1.30. The predicted octanol–water partition coefficient (Wildman–Crippen LogP) is 2.31. The first-order valence-electron chi connectivity index (χ1n) is 7.96. The summed E-state index contributed by atoms with van der Waals surface area (Å²) in [6, 6.07) is 2.27. The summed E-state index contributed by atoms with van der Waals surface area (Å²) in [7, 11) is 1.37. The standard InChI is InChI=1S/C17H21NO5/c1-22-9-14(16(19)20)23-17(21)18-15-12-6-2-4-10(12)8-11-5-3-7-13(11)15/h8,14H,2-7,9H2,1H3,(H,18,21)(H,19,20). The number of aliphatic carboxylic acids is 1. The molecule has 23 heavy (non-hydrogen) atoms. The Bertz CT molecular complexity index is 608. The van der Waals surface area contributed by atoms with Crippen molar-refractivity contribution in [3.8, 4) is 0 Å². The van der Waals surface area contributed by atoms with Crippen LogP contribution in [0.2, 0.25) is 0 Å². The van der Waals surface area contributed by atoms with Gasteiger partial charge >= 0.3 is 12.1 Å². The van der Waals surface area contributed by atoms with Gasteiger partial charge in [-0.1, -0.05) is 6.07 Å². The van der Waals surface area contributed by atoms with Crippen LogP contribution in [0.1, 0.15) is 35.1 Å². The van der Waals surface area contributed by atoms with Gasteiger partial charge in [0.1, 0.15) is 0 Å². The van der Waals surface area contributed by atoms with E-state index in [9.17, 15) is 9.59 Å². The van der Waals surface area contributed by atoms with Crippen LogP contribution < -0.4 is 5.32 Å². The molecule has 0 saturated heterocycles. The highest BCUT2D eigenvalue weighted by atomic mass is 16.6. The molecule has 6 heteroatoms. The molecule has 0 saturated carbocycles. The molecule has 0 radical (unpaired) electrons. The molecule has 1 aromatic rings. The Hall–Kier alpha value is -2.08. The minimum Gasteiger partial charge on any atom is -0.478 e. The molecule has 2 aliphatic rings. The van der Waals surface area contributed by atoms with Crippen LogP contribution in [0.5, 0.6) is 0 Å². The summed E-state index contributed by atoms with van der Waals surface area (Å²) in [6.45, 7) is -0.173. The number of hydrogen-bond acceptors (Lipinski definition) is 4. The number of benzene rings is 1. The molecule has 2 aliphatic carbocycles.